The van der Waals surface area contributed by atoms with Gasteiger partial charge in [0.15, 0.2) is 11.6 Å². The van der Waals surface area contributed by atoms with Gasteiger partial charge in [0.05, 0.1) is 18.6 Å². The average molecular weight is 346 g/mol. The fraction of sp³-hybridized carbons (Fsp3) is 0.500. The third-order valence-electron chi connectivity index (χ3n) is 3.98. The van der Waals surface area contributed by atoms with E-state index in [4.69, 9.17) is 15.2 Å². The molecular formula is C14H19FN2O5S. The lowest BCUT2D eigenvalue weighted by Gasteiger charge is -2.34. The molecule has 1 heterocycles. The Labute approximate surface area is 134 Å². The van der Waals surface area contributed by atoms with E-state index in [2.05, 4.69) is 0 Å². The summed E-state index contributed by atoms with van der Waals surface area (Å²) in [4.78, 5) is 11.8. The maximum atomic E-state index is 13.5. The lowest BCUT2D eigenvalue weighted by molar-refractivity contribution is -0.128. The van der Waals surface area contributed by atoms with Gasteiger partial charge in [-0.2, -0.15) is 4.31 Å². The number of hydrogen-bond acceptors (Lipinski definition) is 5. The highest BCUT2D eigenvalue weighted by Crippen LogP contribution is 2.36. The van der Waals surface area contributed by atoms with Gasteiger partial charge in [-0.05, 0) is 25.0 Å². The van der Waals surface area contributed by atoms with Crippen molar-refractivity contribution >= 4 is 15.9 Å². The van der Waals surface area contributed by atoms with Gasteiger partial charge in [-0.1, -0.05) is 0 Å². The molecule has 7 nitrogen and oxygen atoms in total. The Hall–Kier alpha value is -1.71. The number of sulfonamides is 1. The number of amides is 1. The van der Waals surface area contributed by atoms with Crippen LogP contribution in [0.2, 0.25) is 0 Å². The monoisotopic (exact) mass is 346 g/mol. The van der Waals surface area contributed by atoms with E-state index in [9.17, 15) is 17.6 Å². The molecule has 1 fully saturated rings. The minimum absolute atomic E-state index is 0.133. The van der Waals surface area contributed by atoms with E-state index in [-0.39, 0.29) is 30.2 Å². The number of carbonyl (C=O) groups is 1. The molecule has 1 atom stereocenters. The smallest absolute Gasteiger partial charge is 0.244 e. The molecule has 1 amide bonds. The number of primary amides is 1. The van der Waals surface area contributed by atoms with Gasteiger partial charge in [-0.25, -0.2) is 12.8 Å². The molecule has 1 saturated heterocycles. The summed E-state index contributed by atoms with van der Waals surface area (Å²) in [7, 11) is -1.45. The van der Waals surface area contributed by atoms with Crippen LogP contribution in [0.15, 0.2) is 23.1 Å². The summed E-state index contributed by atoms with van der Waals surface area (Å²) in [6, 6.07) is 3.22. The van der Waals surface area contributed by atoms with Crippen LogP contribution in [0.5, 0.6) is 5.75 Å². The van der Waals surface area contributed by atoms with Crippen molar-refractivity contribution in [2.75, 3.05) is 27.4 Å². The minimum atomic E-state index is -4.06. The minimum Gasteiger partial charge on any atom is -0.494 e. The number of carbonyl (C=O) groups excluding carboxylic acids is 1. The second-order valence-electron chi connectivity index (χ2n) is 5.31. The van der Waals surface area contributed by atoms with Crippen LogP contribution in [0.3, 0.4) is 0 Å². The quantitative estimate of drug-likeness (QED) is 0.808. The molecule has 0 bridgehead atoms. The summed E-state index contributed by atoms with van der Waals surface area (Å²) in [5, 5.41) is 0. The van der Waals surface area contributed by atoms with Gasteiger partial charge in [0.25, 0.3) is 0 Å². The Morgan fingerprint density at radius 2 is 2.13 bits per heavy atom. The fourth-order valence-corrected chi connectivity index (χ4v) is 4.65. The van der Waals surface area contributed by atoms with Gasteiger partial charge >= 0.3 is 0 Å². The van der Waals surface area contributed by atoms with Crippen molar-refractivity contribution in [1.82, 2.24) is 4.31 Å². The van der Waals surface area contributed by atoms with E-state index in [0.29, 0.717) is 6.42 Å². The van der Waals surface area contributed by atoms with Crippen LogP contribution in [0.4, 0.5) is 4.39 Å². The molecule has 1 aliphatic rings. The summed E-state index contributed by atoms with van der Waals surface area (Å²) < 4.78 is 50.2. The number of nitrogens with two attached hydrogens (primary N) is 1. The standard InChI is InChI=1S/C14H19FN2O5S/c1-21-9-14(13(16)18)6-3-7-17(14)23(19,20)10-4-5-11(15)12(8-10)22-2/h4-5,8H,3,6-7,9H2,1-2H3,(H2,16,18). The summed E-state index contributed by atoms with van der Waals surface area (Å²) in [5.41, 5.74) is 4.02. The molecule has 1 aromatic rings. The number of hydrogen-bond donors (Lipinski definition) is 1. The van der Waals surface area contributed by atoms with E-state index < -0.39 is 27.3 Å². The van der Waals surface area contributed by atoms with E-state index in [0.717, 1.165) is 22.5 Å². The number of benzene rings is 1. The molecule has 23 heavy (non-hydrogen) atoms. The zero-order valence-electron chi connectivity index (χ0n) is 12.9. The Kier molecular flexibility index (Phi) is 4.92. The van der Waals surface area contributed by atoms with Gasteiger partial charge in [-0.3, -0.25) is 4.79 Å². The second-order valence-corrected chi connectivity index (χ2v) is 7.17. The molecule has 0 aliphatic carbocycles. The van der Waals surface area contributed by atoms with Crippen LogP contribution < -0.4 is 10.5 Å². The third kappa shape index (κ3) is 2.91. The summed E-state index contributed by atoms with van der Waals surface area (Å²) >= 11 is 0. The van der Waals surface area contributed by atoms with Crippen molar-refractivity contribution in [2.24, 2.45) is 5.73 Å². The van der Waals surface area contributed by atoms with Crippen LogP contribution in [-0.4, -0.2) is 51.5 Å². The van der Waals surface area contributed by atoms with Crippen molar-refractivity contribution in [1.29, 1.82) is 0 Å². The highest BCUT2D eigenvalue weighted by Gasteiger charge is 2.52. The lowest BCUT2D eigenvalue weighted by Crippen LogP contribution is -2.58. The predicted octanol–water partition coefficient (Wildman–Crippen LogP) is 0.489. The van der Waals surface area contributed by atoms with Crippen molar-refractivity contribution in [3.8, 4) is 5.75 Å². The SMILES string of the molecule is COCC1(C(N)=O)CCCN1S(=O)(=O)c1ccc(F)c(OC)c1. The zero-order valence-corrected chi connectivity index (χ0v) is 13.7. The van der Waals surface area contributed by atoms with E-state index in [1.807, 2.05) is 0 Å². The van der Waals surface area contributed by atoms with E-state index in [1.54, 1.807) is 0 Å². The molecule has 128 valence electrons. The highest BCUT2D eigenvalue weighted by atomic mass is 32.2. The van der Waals surface area contributed by atoms with Crippen LogP contribution in [-0.2, 0) is 19.6 Å². The maximum Gasteiger partial charge on any atom is 0.244 e. The summed E-state index contributed by atoms with van der Waals surface area (Å²) in [5.74, 6) is -1.64. The summed E-state index contributed by atoms with van der Waals surface area (Å²) in [6.07, 6.45) is 0.748. The van der Waals surface area contributed by atoms with Gasteiger partial charge in [0, 0.05) is 19.7 Å². The van der Waals surface area contributed by atoms with Gasteiger partial charge in [0.2, 0.25) is 15.9 Å². The number of nitrogens with zero attached hydrogens (tertiary/aromatic N) is 1. The first-order valence-electron chi connectivity index (χ1n) is 6.95. The molecule has 1 aliphatic heterocycles. The Morgan fingerprint density at radius 3 is 2.70 bits per heavy atom. The van der Waals surface area contributed by atoms with E-state index >= 15 is 0 Å². The first-order valence-corrected chi connectivity index (χ1v) is 8.39. The Morgan fingerprint density at radius 1 is 1.43 bits per heavy atom. The Balaban J connectivity index is 2.51. The highest BCUT2D eigenvalue weighted by molar-refractivity contribution is 7.89. The van der Waals surface area contributed by atoms with Crippen molar-refractivity contribution in [3.63, 3.8) is 0 Å². The van der Waals surface area contributed by atoms with Crippen molar-refractivity contribution < 1.29 is 27.1 Å². The first-order chi connectivity index (χ1) is 10.8. The van der Waals surface area contributed by atoms with Crippen molar-refractivity contribution in [2.45, 2.75) is 23.3 Å². The largest absolute Gasteiger partial charge is 0.494 e. The van der Waals surface area contributed by atoms with E-state index in [1.165, 1.54) is 14.2 Å². The number of methoxy groups -OCH3 is 2. The maximum absolute atomic E-state index is 13.5. The van der Waals surface area contributed by atoms with Crippen LogP contribution in [0.25, 0.3) is 0 Å². The third-order valence-corrected chi connectivity index (χ3v) is 5.94. The molecule has 2 N–H and O–H groups in total. The zero-order chi connectivity index (χ0) is 17.3. The molecule has 1 aromatic carbocycles. The number of halogens is 1. The van der Waals surface area contributed by atoms with Crippen LogP contribution >= 0.6 is 0 Å². The topological polar surface area (TPSA) is 98.9 Å². The Bertz CT molecular complexity index is 709. The predicted molar refractivity (Wildman–Crippen MR) is 79.9 cm³/mol. The molecule has 0 radical (unpaired) electrons. The average Bonchev–Trinajstić information content (AvgIpc) is 2.94. The van der Waals surface area contributed by atoms with Crippen LogP contribution in [0, 0.1) is 5.82 Å². The van der Waals surface area contributed by atoms with Crippen molar-refractivity contribution in [3.05, 3.63) is 24.0 Å². The van der Waals surface area contributed by atoms with Gasteiger partial charge < -0.3 is 15.2 Å². The second kappa shape index (κ2) is 6.42. The molecule has 0 spiro atoms. The molecule has 0 aromatic heterocycles. The molecular weight excluding hydrogens is 327 g/mol. The fourth-order valence-electron chi connectivity index (χ4n) is 2.83. The first kappa shape index (κ1) is 17.6. The molecule has 0 saturated carbocycles. The lowest BCUT2D eigenvalue weighted by atomic mass is 9.98. The van der Waals surface area contributed by atoms with Crippen LogP contribution in [0.1, 0.15) is 12.8 Å². The van der Waals surface area contributed by atoms with Gasteiger partial charge in [0.1, 0.15) is 5.54 Å². The normalized spacial score (nSPS) is 22.2. The molecule has 2 rings (SSSR count). The summed E-state index contributed by atoms with van der Waals surface area (Å²) in [6.45, 7) is -0.00574. The van der Waals surface area contributed by atoms with Gasteiger partial charge in [-0.15, -0.1) is 0 Å². The molecule has 9 heteroatoms. The molecule has 1 unspecified atom stereocenters. The number of rotatable bonds is 6. The number of ether oxygens (including phenoxy) is 2.